The highest BCUT2D eigenvalue weighted by molar-refractivity contribution is 5.41. The van der Waals surface area contributed by atoms with Crippen molar-refractivity contribution in [2.45, 2.75) is 32.0 Å². The molecule has 0 amide bonds. The van der Waals surface area contributed by atoms with Gasteiger partial charge in [0.1, 0.15) is 5.82 Å². The molecule has 6 nitrogen and oxygen atoms in total. The van der Waals surface area contributed by atoms with Crippen molar-refractivity contribution in [2.75, 3.05) is 23.8 Å². The highest BCUT2D eigenvalue weighted by atomic mass is 16.5. The zero-order valence-corrected chi connectivity index (χ0v) is 13.0. The van der Waals surface area contributed by atoms with Crippen molar-refractivity contribution in [1.82, 2.24) is 9.97 Å². The Morgan fingerprint density at radius 1 is 1.22 bits per heavy atom. The van der Waals surface area contributed by atoms with Gasteiger partial charge in [-0.3, -0.25) is 0 Å². The molecule has 2 aromatic rings. The van der Waals surface area contributed by atoms with E-state index in [9.17, 15) is 5.11 Å². The second-order valence-electron chi connectivity index (χ2n) is 5.60. The van der Waals surface area contributed by atoms with E-state index in [2.05, 4.69) is 20.6 Å². The Morgan fingerprint density at radius 2 is 2.09 bits per heavy atom. The number of rotatable bonds is 6. The van der Waals surface area contributed by atoms with Gasteiger partial charge in [-0.1, -0.05) is 24.3 Å². The van der Waals surface area contributed by atoms with E-state index in [-0.39, 0.29) is 6.61 Å². The van der Waals surface area contributed by atoms with E-state index in [4.69, 9.17) is 4.74 Å². The third-order valence-electron chi connectivity index (χ3n) is 3.89. The van der Waals surface area contributed by atoms with Gasteiger partial charge in [0.05, 0.1) is 19.3 Å². The highest BCUT2D eigenvalue weighted by Gasteiger charge is 2.14. The van der Waals surface area contributed by atoms with Crippen LogP contribution in [0.1, 0.15) is 24.0 Å². The van der Waals surface area contributed by atoms with Crippen molar-refractivity contribution < 1.29 is 9.84 Å². The fourth-order valence-electron chi connectivity index (χ4n) is 2.65. The van der Waals surface area contributed by atoms with Crippen LogP contribution in [-0.4, -0.2) is 34.3 Å². The number of hydrogen-bond donors (Lipinski definition) is 3. The van der Waals surface area contributed by atoms with Crippen LogP contribution in [0.4, 0.5) is 11.8 Å². The van der Waals surface area contributed by atoms with Gasteiger partial charge >= 0.3 is 0 Å². The van der Waals surface area contributed by atoms with Gasteiger partial charge in [-0.05, 0) is 30.0 Å². The molecule has 1 aliphatic rings. The average molecular weight is 314 g/mol. The highest BCUT2D eigenvalue weighted by Crippen LogP contribution is 2.14. The minimum Gasteiger partial charge on any atom is -0.392 e. The molecule has 1 aromatic carbocycles. The molecule has 0 radical (unpaired) electrons. The van der Waals surface area contributed by atoms with Crippen LogP contribution in [0.15, 0.2) is 36.5 Å². The third-order valence-corrected chi connectivity index (χ3v) is 3.89. The molecule has 1 saturated heterocycles. The fraction of sp³-hybridized carbons (Fsp3) is 0.412. The van der Waals surface area contributed by atoms with E-state index in [0.717, 1.165) is 43.0 Å². The average Bonchev–Trinajstić information content (AvgIpc) is 2.61. The maximum Gasteiger partial charge on any atom is 0.224 e. The predicted molar refractivity (Wildman–Crippen MR) is 89.2 cm³/mol. The van der Waals surface area contributed by atoms with E-state index in [1.807, 2.05) is 30.3 Å². The van der Waals surface area contributed by atoms with Crippen molar-refractivity contribution in [3.05, 3.63) is 47.7 Å². The Balaban J connectivity index is 1.61. The maximum atomic E-state index is 9.36. The van der Waals surface area contributed by atoms with E-state index in [0.29, 0.717) is 18.5 Å². The first-order chi connectivity index (χ1) is 11.3. The predicted octanol–water partition coefficient (Wildman–Crippen LogP) is 2.17. The summed E-state index contributed by atoms with van der Waals surface area (Å²) in [7, 11) is 0. The lowest BCUT2D eigenvalue weighted by Gasteiger charge is -2.23. The minimum absolute atomic E-state index is 0.0297. The summed E-state index contributed by atoms with van der Waals surface area (Å²) in [5, 5.41) is 16.0. The zero-order chi connectivity index (χ0) is 15.9. The summed E-state index contributed by atoms with van der Waals surface area (Å²) in [4.78, 5) is 8.73. The van der Waals surface area contributed by atoms with Crippen LogP contribution in [0.25, 0.3) is 0 Å². The van der Waals surface area contributed by atoms with E-state index >= 15 is 0 Å². The zero-order valence-electron chi connectivity index (χ0n) is 13.0. The van der Waals surface area contributed by atoms with Crippen LogP contribution in [0, 0.1) is 0 Å². The first-order valence-corrected chi connectivity index (χ1v) is 7.94. The van der Waals surface area contributed by atoms with Gasteiger partial charge in [0.2, 0.25) is 5.95 Å². The van der Waals surface area contributed by atoms with Gasteiger partial charge in [-0.25, -0.2) is 4.98 Å². The number of benzene rings is 1. The molecule has 2 heterocycles. The first-order valence-electron chi connectivity index (χ1n) is 7.94. The lowest BCUT2D eigenvalue weighted by Crippen LogP contribution is -2.30. The van der Waals surface area contributed by atoms with Gasteiger partial charge in [-0.2, -0.15) is 4.98 Å². The molecule has 0 spiro atoms. The van der Waals surface area contributed by atoms with E-state index in [1.165, 1.54) is 0 Å². The maximum absolute atomic E-state index is 9.36. The van der Waals surface area contributed by atoms with Crippen LogP contribution >= 0.6 is 0 Å². The van der Waals surface area contributed by atoms with Crippen molar-refractivity contribution >= 4 is 11.8 Å². The van der Waals surface area contributed by atoms with Crippen LogP contribution in [0.5, 0.6) is 0 Å². The monoisotopic (exact) mass is 314 g/mol. The molecule has 1 aliphatic heterocycles. The van der Waals surface area contributed by atoms with Crippen molar-refractivity contribution in [3.8, 4) is 0 Å². The van der Waals surface area contributed by atoms with Gasteiger partial charge in [0, 0.05) is 19.3 Å². The number of nitrogens with one attached hydrogen (secondary N) is 2. The molecule has 1 unspecified atom stereocenters. The van der Waals surface area contributed by atoms with Gasteiger partial charge in [-0.15, -0.1) is 0 Å². The molecule has 23 heavy (non-hydrogen) atoms. The standard InChI is InChI=1S/C17H22N4O2/c22-11-14-5-2-1-4-13(14)10-19-17-18-8-7-16(21-17)20-15-6-3-9-23-12-15/h1-2,4-5,7-8,15,22H,3,6,9-12H2,(H2,18,19,20,21). The molecule has 0 saturated carbocycles. The Kier molecular flexibility index (Phi) is 5.39. The summed E-state index contributed by atoms with van der Waals surface area (Å²) in [6.45, 7) is 2.17. The van der Waals surface area contributed by atoms with E-state index in [1.54, 1.807) is 6.20 Å². The molecule has 6 heteroatoms. The van der Waals surface area contributed by atoms with Crippen LogP contribution < -0.4 is 10.6 Å². The van der Waals surface area contributed by atoms with Crippen LogP contribution in [0.3, 0.4) is 0 Å². The topological polar surface area (TPSA) is 79.3 Å². The molecule has 0 bridgehead atoms. The second-order valence-corrected chi connectivity index (χ2v) is 5.60. The molecule has 1 fully saturated rings. The SMILES string of the molecule is OCc1ccccc1CNc1nccc(NC2CCCOC2)n1. The van der Waals surface area contributed by atoms with Crippen LogP contribution in [-0.2, 0) is 17.9 Å². The molecular formula is C17H22N4O2. The Morgan fingerprint density at radius 3 is 2.87 bits per heavy atom. The Bertz CT molecular complexity index is 629. The molecule has 1 aromatic heterocycles. The summed E-state index contributed by atoms with van der Waals surface area (Å²) < 4.78 is 5.47. The summed E-state index contributed by atoms with van der Waals surface area (Å²) in [6, 6.07) is 9.95. The largest absolute Gasteiger partial charge is 0.392 e. The third kappa shape index (κ3) is 4.40. The smallest absolute Gasteiger partial charge is 0.224 e. The summed E-state index contributed by atoms with van der Waals surface area (Å²) >= 11 is 0. The molecule has 3 N–H and O–H groups in total. The number of hydrogen-bond acceptors (Lipinski definition) is 6. The van der Waals surface area contributed by atoms with E-state index < -0.39 is 0 Å². The van der Waals surface area contributed by atoms with Gasteiger partial charge in [0.15, 0.2) is 0 Å². The summed E-state index contributed by atoms with van der Waals surface area (Å²) in [5.41, 5.74) is 1.95. The molecule has 1 atom stereocenters. The van der Waals surface area contributed by atoms with Crippen molar-refractivity contribution in [3.63, 3.8) is 0 Å². The number of aliphatic hydroxyl groups excluding tert-OH is 1. The number of anilines is 2. The number of nitrogens with zero attached hydrogens (tertiary/aromatic N) is 2. The lowest BCUT2D eigenvalue weighted by atomic mass is 10.1. The number of aliphatic hydroxyl groups is 1. The number of aromatic nitrogens is 2. The molecular weight excluding hydrogens is 292 g/mol. The molecule has 3 rings (SSSR count). The minimum atomic E-state index is 0.0297. The van der Waals surface area contributed by atoms with Gasteiger partial charge < -0.3 is 20.5 Å². The Labute approximate surface area is 135 Å². The van der Waals surface area contributed by atoms with Crippen LogP contribution in [0.2, 0.25) is 0 Å². The van der Waals surface area contributed by atoms with Crippen molar-refractivity contribution in [2.24, 2.45) is 0 Å². The fourth-order valence-corrected chi connectivity index (χ4v) is 2.65. The lowest BCUT2D eigenvalue weighted by molar-refractivity contribution is 0.0875. The normalized spacial score (nSPS) is 17.7. The first kappa shape index (κ1) is 15.7. The summed E-state index contributed by atoms with van der Waals surface area (Å²) in [5.74, 6) is 1.37. The molecule has 0 aliphatic carbocycles. The number of ether oxygens (including phenoxy) is 1. The Hall–Kier alpha value is -2.18. The molecule has 122 valence electrons. The van der Waals surface area contributed by atoms with Gasteiger partial charge in [0.25, 0.3) is 0 Å². The summed E-state index contributed by atoms with van der Waals surface area (Å²) in [6.07, 6.45) is 3.90. The second kappa shape index (κ2) is 7.89. The van der Waals surface area contributed by atoms with Crippen molar-refractivity contribution in [1.29, 1.82) is 0 Å². The quantitative estimate of drug-likeness (QED) is 0.758.